The molecule has 0 aliphatic heterocycles. The van der Waals surface area contributed by atoms with Gasteiger partial charge in [-0.15, -0.1) is 0 Å². The summed E-state index contributed by atoms with van der Waals surface area (Å²) in [4.78, 5) is 11.4. The number of nitrogen functional groups attached to an aromatic ring is 1. The van der Waals surface area contributed by atoms with E-state index in [1.807, 2.05) is 0 Å². The van der Waals surface area contributed by atoms with Crippen molar-refractivity contribution in [2.75, 3.05) is 24.7 Å². The van der Waals surface area contributed by atoms with E-state index in [9.17, 15) is 9.18 Å². The molecule has 0 aliphatic rings. The van der Waals surface area contributed by atoms with Gasteiger partial charge in [-0.25, -0.2) is 9.18 Å². The number of methoxy groups -OCH3 is 1. The second-order valence-electron chi connectivity index (χ2n) is 4.60. The third-order valence-electron chi connectivity index (χ3n) is 3.12. The van der Waals surface area contributed by atoms with Crippen molar-refractivity contribution < 1.29 is 13.9 Å². The van der Waals surface area contributed by atoms with Crippen molar-refractivity contribution in [3.8, 4) is 0 Å². The zero-order chi connectivity index (χ0) is 15.2. The minimum absolute atomic E-state index is 0.241. The van der Waals surface area contributed by atoms with E-state index in [4.69, 9.17) is 5.73 Å². The van der Waals surface area contributed by atoms with Gasteiger partial charge in [0.15, 0.2) is 0 Å². The van der Waals surface area contributed by atoms with Crippen LogP contribution in [-0.2, 0) is 11.2 Å². The molecule has 0 amide bonds. The van der Waals surface area contributed by atoms with Gasteiger partial charge in [-0.3, -0.25) is 0 Å². The van der Waals surface area contributed by atoms with Gasteiger partial charge in [0.1, 0.15) is 5.82 Å². The first kappa shape index (κ1) is 14.8. The van der Waals surface area contributed by atoms with Crippen molar-refractivity contribution in [1.29, 1.82) is 0 Å². The van der Waals surface area contributed by atoms with Gasteiger partial charge in [-0.1, -0.05) is 12.1 Å². The largest absolute Gasteiger partial charge is 0.465 e. The summed E-state index contributed by atoms with van der Waals surface area (Å²) in [5.74, 6) is -0.658. The number of rotatable bonds is 5. The van der Waals surface area contributed by atoms with Gasteiger partial charge in [0, 0.05) is 6.54 Å². The third kappa shape index (κ3) is 3.95. The van der Waals surface area contributed by atoms with Crippen LogP contribution in [0.15, 0.2) is 42.5 Å². The number of hydrogen-bond donors (Lipinski definition) is 2. The highest BCUT2D eigenvalue weighted by Crippen LogP contribution is 2.20. The van der Waals surface area contributed by atoms with Gasteiger partial charge in [0.25, 0.3) is 0 Å². The van der Waals surface area contributed by atoms with Gasteiger partial charge < -0.3 is 15.8 Å². The van der Waals surface area contributed by atoms with Crippen LogP contribution in [0.1, 0.15) is 15.9 Å². The molecule has 0 spiro atoms. The minimum atomic E-state index is -0.417. The number of nitrogens with one attached hydrogen (secondary N) is 1. The van der Waals surface area contributed by atoms with E-state index in [0.717, 1.165) is 17.7 Å². The third-order valence-corrected chi connectivity index (χ3v) is 3.12. The Morgan fingerprint density at radius 2 is 1.95 bits per heavy atom. The van der Waals surface area contributed by atoms with Gasteiger partial charge in [0.05, 0.1) is 24.0 Å². The lowest BCUT2D eigenvalue weighted by Gasteiger charge is -2.10. The molecule has 2 rings (SSSR count). The minimum Gasteiger partial charge on any atom is -0.465 e. The van der Waals surface area contributed by atoms with E-state index in [2.05, 4.69) is 10.1 Å². The first-order valence-corrected chi connectivity index (χ1v) is 6.56. The molecule has 0 radical (unpaired) electrons. The van der Waals surface area contributed by atoms with Crippen LogP contribution < -0.4 is 11.1 Å². The molecule has 0 bridgehead atoms. The van der Waals surface area contributed by atoms with Crippen LogP contribution in [0, 0.1) is 5.82 Å². The van der Waals surface area contributed by atoms with Crippen molar-refractivity contribution in [2.24, 2.45) is 0 Å². The number of esters is 1. The Morgan fingerprint density at radius 1 is 1.24 bits per heavy atom. The molecular formula is C16H17FN2O2. The Kier molecular flexibility index (Phi) is 4.77. The van der Waals surface area contributed by atoms with Gasteiger partial charge in [-0.05, 0) is 42.3 Å². The first-order valence-electron chi connectivity index (χ1n) is 6.56. The number of ether oxygens (including phenoxy) is 1. The van der Waals surface area contributed by atoms with E-state index in [0.29, 0.717) is 17.8 Å². The topological polar surface area (TPSA) is 64.3 Å². The number of halogens is 1. The fourth-order valence-corrected chi connectivity index (χ4v) is 1.96. The van der Waals surface area contributed by atoms with E-state index in [1.165, 1.54) is 19.2 Å². The fraction of sp³-hybridized carbons (Fsp3) is 0.188. The molecule has 0 unspecified atom stereocenters. The Labute approximate surface area is 122 Å². The van der Waals surface area contributed by atoms with Crippen LogP contribution in [0.2, 0.25) is 0 Å². The maximum atomic E-state index is 12.8. The van der Waals surface area contributed by atoms with Gasteiger partial charge >= 0.3 is 5.97 Å². The van der Waals surface area contributed by atoms with E-state index in [1.54, 1.807) is 30.3 Å². The van der Waals surface area contributed by atoms with Gasteiger partial charge in [-0.2, -0.15) is 0 Å². The highest BCUT2D eigenvalue weighted by molar-refractivity contribution is 5.91. The Morgan fingerprint density at radius 3 is 2.57 bits per heavy atom. The predicted octanol–water partition coefficient (Wildman–Crippen LogP) is 2.85. The van der Waals surface area contributed by atoms with Gasteiger partial charge in [0.2, 0.25) is 0 Å². The standard InChI is InChI=1S/C16H17FN2O2/c1-21-16(20)12-4-7-15(14(18)10-12)19-9-8-11-2-5-13(17)6-3-11/h2-7,10,19H,8-9,18H2,1H3. The summed E-state index contributed by atoms with van der Waals surface area (Å²) in [5, 5.41) is 3.19. The molecule has 0 heterocycles. The molecule has 3 N–H and O–H groups in total. The summed E-state index contributed by atoms with van der Waals surface area (Å²) in [5.41, 5.74) is 8.58. The van der Waals surface area contributed by atoms with Crippen molar-refractivity contribution in [3.63, 3.8) is 0 Å². The zero-order valence-corrected chi connectivity index (χ0v) is 11.7. The maximum Gasteiger partial charge on any atom is 0.337 e. The number of carbonyl (C=O) groups is 1. The van der Waals surface area contributed by atoms with Crippen LogP contribution in [0.4, 0.5) is 15.8 Å². The molecular weight excluding hydrogens is 271 g/mol. The molecule has 2 aromatic carbocycles. The zero-order valence-electron chi connectivity index (χ0n) is 11.7. The summed E-state index contributed by atoms with van der Waals surface area (Å²) in [6, 6.07) is 11.4. The van der Waals surface area contributed by atoms with Crippen molar-refractivity contribution in [2.45, 2.75) is 6.42 Å². The summed E-state index contributed by atoms with van der Waals surface area (Å²) >= 11 is 0. The molecule has 2 aromatic rings. The van der Waals surface area contributed by atoms with Crippen LogP contribution in [0.25, 0.3) is 0 Å². The molecule has 21 heavy (non-hydrogen) atoms. The molecule has 0 saturated heterocycles. The van der Waals surface area contributed by atoms with E-state index >= 15 is 0 Å². The maximum absolute atomic E-state index is 12.8. The Hall–Kier alpha value is -2.56. The summed E-state index contributed by atoms with van der Waals surface area (Å²) in [6.45, 7) is 0.660. The lowest BCUT2D eigenvalue weighted by atomic mass is 10.1. The van der Waals surface area contributed by atoms with Crippen LogP contribution in [0.3, 0.4) is 0 Å². The number of nitrogens with two attached hydrogens (primary N) is 1. The quantitative estimate of drug-likeness (QED) is 0.656. The Balaban J connectivity index is 1.94. The lowest BCUT2D eigenvalue weighted by Crippen LogP contribution is -2.08. The lowest BCUT2D eigenvalue weighted by molar-refractivity contribution is 0.0601. The molecule has 0 saturated carbocycles. The highest BCUT2D eigenvalue weighted by Gasteiger charge is 2.07. The second kappa shape index (κ2) is 6.74. The average molecular weight is 288 g/mol. The van der Waals surface area contributed by atoms with Crippen molar-refractivity contribution in [3.05, 3.63) is 59.4 Å². The van der Waals surface area contributed by atoms with Crippen LogP contribution in [-0.4, -0.2) is 19.6 Å². The van der Waals surface area contributed by atoms with E-state index < -0.39 is 5.97 Å². The molecule has 0 atom stereocenters. The number of carbonyl (C=O) groups excluding carboxylic acids is 1. The Bertz CT molecular complexity index is 627. The van der Waals surface area contributed by atoms with Crippen molar-refractivity contribution >= 4 is 17.3 Å². The second-order valence-corrected chi connectivity index (χ2v) is 4.60. The predicted molar refractivity (Wildman–Crippen MR) is 80.8 cm³/mol. The summed E-state index contributed by atoms with van der Waals surface area (Å²) in [7, 11) is 1.33. The SMILES string of the molecule is COC(=O)c1ccc(NCCc2ccc(F)cc2)c(N)c1. The molecule has 0 aromatic heterocycles. The smallest absolute Gasteiger partial charge is 0.337 e. The van der Waals surface area contributed by atoms with Crippen LogP contribution >= 0.6 is 0 Å². The monoisotopic (exact) mass is 288 g/mol. The average Bonchev–Trinajstić information content (AvgIpc) is 2.50. The molecule has 0 fully saturated rings. The molecule has 4 nitrogen and oxygen atoms in total. The summed E-state index contributed by atoms with van der Waals surface area (Å²) in [6.07, 6.45) is 0.748. The molecule has 5 heteroatoms. The first-order chi connectivity index (χ1) is 10.1. The van der Waals surface area contributed by atoms with E-state index in [-0.39, 0.29) is 5.82 Å². The number of hydrogen-bond acceptors (Lipinski definition) is 4. The van der Waals surface area contributed by atoms with Crippen LogP contribution in [0.5, 0.6) is 0 Å². The normalized spacial score (nSPS) is 10.2. The molecule has 0 aliphatic carbocycles. The highest BCUT2D eigenvalue weighted by atomic mass is 19.1. The number of benzene rings is 2. The fourth-order valence-electron chi connectivity index (χ4n) is 1.96. The molecule has 110 valence electrons. The summed E-state index contributed by atoms with van der Waals surface area (Å²) < 4.78 is 17.4. The number of anilines is 2. The van der Waals surface area contributed by atoms with Crippen molar-refractivity contribution in [1.82, 2.24) is 0 Å².